The zero-order valence-corrected chi connectivity index (χ0v) is 23.9. The largest absolute Gasteiger partial charge is 1.00 e. The number of thioether (sulfide) groups is 1. The second kappa shape index (κ2) is 15.3. The third kappa shape index (κ3) is 8.22. The number of rotatable bonds is 12. The third-order valence-electron chi connectivity index (χ3n) is 6.43. The van der Waals surface area contributed by atoms with E-state index in [1.807, 2.05) is 67.8 Å². The van der Waals surface area contributed by atoms with Gasteiger partial charge in [0, 0.05) is 31.0 Å². The first-order valence-electron chi connectivity index (χ1n) is 12.7. The minimum Gasteiger partial charge on any atom is -0.548 e. The number of benzene rings is 3. The summed E-state index contributed by atoms with van der Waals surface area (Å²) < 4.78 is 0. The monoisotopic (exact) mass is 546 g/mol. The van der Waals surface area contributed by atoms with Gasteiger partial charge in [-0.1, -0.05) is 60.7 Å². The Morgan fingerprint density at radius 1 is 0.950 bits per heavy atom. The van der Waals surface area contributed by atoms with Crippen molar-refractivity contribution in [3.05, 3.63) is 114 Å². The topological polar surface area (TPSA) is 98.2 Å². The number of carboxylic acid groups (broad SMARTS) is 1. The average Bonchev–Trinajstić information content (AvgIpc) is 2.96. The first kappa shape index (κ1) is 31.0. The van der Waals surface area contributed by atoms with E-state index >= 15 is 0 Å². The van der Waals surface area contributed by atoms with Crippen LogP contribution in [0.1, 0.15) is 33.5 Å². The number of aryl methyl sites for hydroxylation is 1. The molecule has 1 atom stereocenters. The number of nitrogens with zero attached hydrogens (tertiary/aromatic N) is 3. The van der Waals surface area contributed by atoms with Gasteiger partial charge in [-0.25, -0.2) is 4.98 Å². The zero-order chi connectivity index (χ0) is 27.6. The maximum atomic E-state index is 13.4. The quantitative estimate of drug-likeness (QED) is 0.267. The fraction of sp³-hybridized carbons (Fsp3) is 0.226. The van der Waals surface area contributed by atoms with E-state index in [0.717, 1.165) is 33.6 Å². The summed E-state index contributed by atoms with van der Waals surface area (Å²) in [7, 11) is 0. The number of carboxylic acids is 1. The minimum atomic E-state index is -1.29. The second-order valence-corrected chi connectivity index (χ2v) is 10.2. The van der Waals surface area contributed by atoms with E-state index in [2.05, 4.69) is 32.3 Å². The Labute approximate surface area is 251 Å². The molecule has 0 bridgehead atoms. The fourth-order valence-electron chi connectivity index (χ4n) is 4.40. The molecule has 1 amide bonds. The van der Waals surface area contributed by atoms with E-state index in [1.54, 1.807) is 24.7 Å². The molecule has 0 unspecified atom stereocenters. The molecule has 0 saturated carbocycles. The number of nitrogens with one attached hydrogen (secondary N) is 1. The molecule has 9 heteroatoms. The maximum absolute atomic E-state index is 13.4. The van der Waals surface area contributed by atoms with Gasteiger partial charge in [0.15, 0.2) is 0 Å². The fourth-order valence-corrected chi connectivity index (χ4v) is 4.87. The minimum absolute atomic E-state index is 0. The molecular weight excluding hydrogens is 515 g/mol. The molecule has 0 spiro atoms. The SMILES string of the molecule is CSCC[C@H](NC(=O)c1ccc(CN(Cc2ccccc2)c2cnccn2)cc1-c1ccccc1C)C(=O)[O-].[Li+]. The van der Waals surface area contributed by atoms with Crippen molar-refractivity contribution < 1.29 is 33.6 Å². The number of aromatic nitrogens is 2. The summed E-state index contributed by atoms with van der Waals surface area (Å²) in [6, 6.07) is 22.6. The smallest absolute Gasteiger partial charge is 0.548 e. The Morgan fingerprint density at radius 3 is 2.35 bits per heavy atom. The van der Waals surface area contributed by atoms with Gasteiger partial charge in [-0.15, -0.1) is 0 Å². The van der Waals surface area contributed by atoms with Gasteiger partial charge in [0.25, 0.3) is 5.91 Å². The molecule has 40 heavy (non-hydrogen) atoms. The molecule has 1 aromatic heterocycles. The van der Waals surface area contributed by atoms with Crippen molar-refractivity contribution in [1.82, 2.24) is 15.3 Å². The van der Waals surface area contributed by atoms with Gasteiger partial charge in [0.1, 0.15) is 5.82 Å². The second-order valence-electron chi connectivity index (χ2n) is 9.23. The molecule has 4 rings (SSSR count). The molecule has 0 aliphatic carbocycles. The van der Waals surface area contributed by atoms with E-state index in [9.17, 15) is 14.7 Å². The standard InChI is InChI=1S/C31H32N4O3S.Li/c1-22-8-6-7-11-25(22)27-18-24(12-13-26(27)30(36)34-28(31(37)38)14-17-39-2)21-35(29-19-32-15-16-33-29)20-23-9-4-3-5-10-23;/h3-13,15-16,18-19,28H,14,17,20-21H2,1-2H3,(H,34,36)(H,37,38);/q;+1/p-1/t28-;/m0./s1. The molecule has 1 N–H and O–H groups in total. The Bertz CT molecular complexity index is 1410. The number of carbonyl (C=O) groups is 2. The van der Waals surface area contributed by atoms with Gasteiger partial charge < -0.3 is 20.1 Å². The molecule has 3 aromatic carbocycles. The molecule has 0 saturated heterocycles. The van der Waals surface area contributed by atoms with Crippen LogP contribution in [0.4, 0.5) is 5.82 Å². The molecule has 0 aliphatic rings. The number of hydrogen-bond donors (Lipinski definition) is 1. The van der Waals surface area contributed by atoms with Crippen molar-refractivity contribution in [2.75, 3.05) is 16.9 Å². The van der Waals surface area contributed by atoms with E-state index in [-0.39, 0.29) is 18.9 Å². The number of amides is 1. The number of anilines is 1. The van der Waals surface area contributed by atoms with E-state index in [0.29, 0.717) is 30.8 Å². The summed E-state index contributed by atoms with van der Waals surface area (Å²) >= 11 is 1.52. The molecule has 1 heterocycles. The van der Waals surface area contributed by atoms with Crippen molar-refractivity contribution >= 4 is 29.5 Å². The van der Waals surface area contributed by atoms with Crippen molar-refractivity contribution in [2.24, 2.45) is 0 Å². The van der Waals surface area contributed by atoms with Crippen molar-refractivity contribution in [3.63, 3.8) is 0 Å². The zero-order valence-electron chi connectivity index (χ0n) is 23.0. The van der Waals surface area contributed by atoms with Crippen LogP contribution in [0.5, 0.6) is 0 Å². The Morgan fingerprint density at radius 2 is 1.68 bits per heavy atom. The van der Waals surface area contributed by atoms with Crippen LogP contribution in [-0.2, 0) is 17.9 Å². The van der Waals surface area contributed by atoms with Gasteiger partial charge in [-0.3, -0.25) is 9.78 Å². The predicted octanol–water partition coefficient (Wildman–Crippen LogP) is 1.26. The normalized spacial score (nSPS) is 11.2. The summed E-state index contributed by atoms with van der Waals surface area (Å²) in [5, 5.41) is 14.4. The van der Waals surface area contributed by atoms with Crippen molar-refractivity contribution in [1.29, 1.82) is 0 Å². The van der Waals surface area contributed by atoms with Crippen LogP contribution in [0.15, 0.2) is 91.4 Å². The molecular formula is C31H31LiN4O3S. The average molecular weight is 547 g/mol. The Hall–Kier alpha value is -3.57. The predicted molar refractivity (Wildman–Crippen MR) is 154 cm³/mol. The summed E-state index contributed by atoms with van der Waals surface area (Å²) in [5.74, 6) is -0.384. The first-order valence-corrected chi connectivity index (χ1v) is 14.1. The first-order chi connectivity index (χ1) is 19.0. The summed E-state index contributed by atoms with van der Waals surface area (Å²) in [5.41, 5.74) is 5.19. The van der Waals surface area contributed by atoms with Gasteiger partial charge in [0.05, 0.1) is 18.2 Å². The molecule has 4 aromatic rings. The van der Waals surface area contributed by atoms with Crippen LogP contribution >= 0.6 is 11.8 Å². The van der Waals surface area contributed by atoms with Crippen LogP contribution in [0.2, 0.25) is 0 Å². The molecule has 7 nitrogen and oxygen atoms in total. The Balaban J connectivity index is 0.00000441. The van der Waals surface area contributed by atoms with Crippen LogP contribution < -0.4 is 34.2 Å². The van der Waals surface area contributed by atoms with Gasteiger partial charge in [-0.05, 0) is 65.3 Å². The van der Waals surface area contributed by atoms with Crippen molar-refractivity contribution in [2.45, 2.75) is 32.5 Å². The van der Waals surface area contributed by atoms with Gasteiger partial charge >= 0.3 is 18.9 Å². The maximum Gasteiger partial charge on any atom is 1.00 e. The van der Waals surface area contributed by atoms with E-state index < -0.39 is 17.9 Å². The number of hydrogen-bond acceptors (Lipinski definition) is 7. The molecule has 0 radical (unpaired) electrons. The van der Waals surface area contributed by atoms with Crippen molar-refractivity contribution in [3.8, 4) is 11.1 Å². The Kier molecular flexibility index (Phi) is 11.8. The van der Waals surface area contributed by atoms with Crippen LogP contribution in [-0.4, -0.2) is 39.9 Å². The van der Waals surface area contributed by atoms with E-state index in [1.165, 1.54) is 11.8 Å². The third-order valence-corrected chi connectivity index (χ3v) is 7.07. The number of carbonyl (C=O) groups excluding carboxylic acids is 2. The molecule has 0 aliphatic heterocycles. The summed E-state index contributed by atoms with van der Waals surface area (Å²) in [4.78, 5) is 36.0. The summed E-state index contributed by atoms with van der Waals surface area (Å²) in [6.07, 6.45) is 7.24. The van der Waals surface area contributed by atoms with Crippen LogP contribution in [0.3, 0.4) is 0 Å². The van der Waals surface area contributed by atoms with Gasteiger partial charge in [-0.2, -0.15) is 11.8 Å². The van der Waals surface area contributed by atoms with Crippen LogP contribution in [0.25, 0.3) is 11.1 Å². The summed E-state index contributed by atoms with van der Waals surface area (Å²) in [6.45, 7) is 3.15. The van der Waals surface area contributed by atoms with E-state index in [4.69, 9.17) is 0 Å². The van der Waals surface area contributed by atoms with Gasteiger partial charge in [0.2, 0.25) is 0 Å². The molecule has 200 valence electrons. The number of aliphatic carboxylic acids is 1. The van der Waals surface area contributed by atoms with Crippen LogP contribution in [0, 0.1) is 6.92 Å². The molecule has 0 fully saturated rings.